The van der Waals surface area contributed by atoms with Crippen LogP contribution in [-0.2, 0) is 11.3 Å². The van der Waals surface area contributed by atoms with Gasteiger partial charge in [-0.25, -0.2) is 9.67 Å². The van der Waals surface area contributed by atoms with Crippen molar-refractivity contribution in [3.63, 3.8) is 0 Å². The first-order chi connectivity index (χ1) is 11.1. The molecule has 0 unspecified atom stereocenters. The molecule has 0 saturated carbocycles. The van der Waals surface area contributed by atoms with Gasteiger partial charge in [0.25, 0.3) is 0 Å². The van der Waals surface area contributed by atoms with Crippen LogP contribution in [-0.4, -0.2) is 20.7 Å². The molecule has 120 valence electrons. The number of aryl methyl sites for hydroxylation is 2. The molecule has 5 heteroatoms. The van der Waals surface area contributed by atoms with Crippen LogP contribution < -0.4 is 5.32 Å². The van der Waals surface area contributed by atoms with Crippen LogP contribution in [0, 0.1) is 6.92 Å². The Morgan fingerprint density at radius 1 is 1.30 bits per heavy atom. The first-order valence-electron chi connectivity index (χ1n) is 8.20. The average molecular weight is 310 g/mol. The van der Waals surface area contributed by atoms with E-state index in [2.05, 4.69) is 36.4 Å². The van der Waals surface area contributed by atoms with E-state index in [-0.39, 0.29) is 5.91 Å². The van der Waals surface area contributed by atoms with Gasteiger partial charge in [-0.05, 0) is 25.0 Å². The number of pyridine rings is 1. The number of unbranched alkanes of at least 4 members (excludes halogenated alkanes) is 1. The van der Waals surface area contributed by atoms with Crippen LogP contribution in [0.5, 0.6) is 0 Å². The Balaban J connectivity index is 2.21. The van der Waals surface area contributed by atoms with Crippen LogP contribution in [0.2, 0.25) is 0 Å². The van der Waals surface area contributed by atoms with E-state index < -0.39 is 0 Å². The van der Waals surface area contributed by atoms with Gasteiger partial charge in [0.1, 0.15) is 0 Å². The first-order valence-corrected chi connectivity index (χ1v) is 8.20. The SMILES string of the molecule is CCCCn1nc(NC(=O)CC)c2cc3cccc(C)c3nc21. The zero-order valence-electron chi connectivity index (χ0n) is 13.9. The zero-order chi connectivity index (χ0) is 16.4. The Kier molecular flexibility index (Phi) is 4.28. The van der Waals surface area contributed by atoms with Crippen molar-refractivity contribution >= 4 is 33.7 Å². The van der Waals surface area contributed by atoms with E-state index >= 15 is 0 Å². The molecule has 0 aliphatic rings. The van der Waals surface area contributed by atoms with Crippen LogP contribution in [0.15, 0.2) is 24.3 Å². The van der Waals surface area contributed by atoms with Gasteiger partial charge < -0.3 is 5.32 Å². The third-order valence-electron chi connectivity index (χ3n) is 4.05. The topological polar surface area (TPSA) is 59.8 Å². The minimum absolute atomic E-state index is 0.0311. The predicted molar refractivity (Wildman–Crippen MR) is 93.6 cm³/mol. The number of benzene rings is 1. The van der Waals surface area contributed by atoms with Gasteiger partial charge in [-0.1, -0.05) is 38.5 Å². The van der Waals surface area contributed by atoms with Gasteiger partial charge in [-0.15, -0.1) is 0 Å². The zero-order valence-corrected chi connectivity index (χ0v) is 13.9. The Hall–Kier alpha value is -2.43. The van der Waals surface area contributed by atoms with Crippen molar-refractivity contribution in [2.24, 2.45) is 0 Å². The third kappa shape index (κ3) is 2.91. The highest BCUT2D eigenvalue weighted by molar-refractivity contribution is 6.02. The maximum atomic E-state index is 11.8. The third-order valence-corrected chi connectivity index (χ3v) is 4.05. The van der Waals surface area contributed by atoms with Gasteiger partial charge in [-0.2, -0.15) is 5.10 Å². The number of anilines is 1. The molecule has 0 saturated heterocycles. The van der Waals surface area contributed by atoms with Gasteiger partial charge in [-0.3, -0.25) is 4.79 Å². The average Bonchev–Trinajstić information content (AvgIpc) is 2.88. The van der Waals surface area contributed by atoms with Crippen LogP contribution in [0.25, 0.3) is 21.9 Å². The predicted octanol–water partition coefficient (Wildman–Crippen LogP) is 4.04. The van der Waals surface area contributed by atoms with Crippen molar-refractivity contribution in [2.45, 2.75) is 46.6 Å². The fraction of sp³-hybridized carbons (Fsp3) is 0.389. The number of amides is 1. The van der Waals surface area contributed by atoms with Crippen molar-refractivity contribution in [3.8, 4) is 0 Å². The molecule has 5 nitrogen and oxygen atoms in total. The fourth-order valence-corrected chi connectivity index (χ4v) is 2.71. The molecule has 0 bridgehead atoms. The lowest BCUT2D eigenvalue weighted by Gasteiger charge is -2.04. The number of nitrogens with zero attached hydrogens (tertiary/aromatic N) is 3. The summed E-state index contributed by atoms with van der Waals surface area (Å²) in [6, 6.07) is 8.21. The number of nitrogens with one attached hydrogen (secondary N) is 1. The number of rotatable bonds is 5. The number of hydrogen-bond acceptors (Lipinski definition) is 3. The summed E-state index contributed by atoms with van der Waals surface area (Å²) in [5.74, 6) is 0.579. The number of para-hydroxylation sites is 1. The van der Waals surface area contributed by atoms with E-state index in [0.29, 0.717) is 12.2 Å². The van der Waals surface area contributed by atoms with Crippen molar-refractivity contribution in [2.75, 3.05) is 5.32 Å². The molecule has 0 spiro atoms. The lowest BCUT2D eigenvalue weighted by atomic mass is 10.1. The summed E-state index contributed by atoms with van der Waals surface area (Å²) in [6.45, 7) is 6.86. The second-order valence-electron chi connectivity index (χ2n) is 5.83. The Morgan fingerprint density at radius 3 is 2.87 bits per heavy atom. The molecule has 2 aromatic heterocycles. The number of carbonyl (C=O) groups is 1. The molecule has 0 atom stereocenters. The summed E-state index contributed by atoms with van der Waals surface area (Å²) < 4.78 is 1.91. The number of hydrogen-bond donors (Lipinski definition) is 1. The monoisotopic (exact) mass is 310 g/mol. The minimum atomic E-state index is -0.0311. The minimum Gasteiger partial charge on any atom is -0.309 e. The van der Waals surface area contributed by atoms with Gasteiger partial charge in [0.2, 0.25) is 5.91 Å². The number of aromatic nitrogens is 3. The molecule has 3 aromatic rings. The van der Waals surface area contributed by atoms with Crippen LogP contribution in [0.4, 0.5) is 5.82 Å². The molecule has 0 aliphatic carbocycles. The molecule has 23 heavy (non-hydrogen) atoms. The summed E-state index contributed by atoms with van der Waals surface area (Å²) in [6.07, 6.45) is 2.56. The highest BCUT2D eigenvalue weighted by Gasteiger charge is 2.15. The fourth-order valence-electron chi connectivity index (χ4n) is 2.71. The van der Waals surface area contributed by atoms with E-state index in [4.69, 9.17) is 4.98 Å². The van der Waals surface area contributed by atoms with Crippen LogP contribution >= 0.6 is 0 Å². The normalized spacial score (nSPS) is 11.3. The summed E-state index contributed by atoms with van der Waals surface area (Å²) >= 11 is 0. The number of fused-ring (bicyclic) bond motifs is 2. The molecular weight excluding hydrogens is 288 g/mol. The second-order valence-corrected chi connectivity index (χ2v) is 5.83. The molecule has 1 aromatic carbocycles. The van der Waals surface area contributed by atoms with Crippen LogP contribution in [0.1, 0.15) is 38.7 Å². The highest BCUT2D eigenvalue weighted by Crippen LogP contribution is 2.27. The highest BCUT2D eigenvalue weighted by atomic mass is 16.1. The van der Waals surface area contributed by atoms with E-state index in [0.717, 1.165) is 46.9 Å². The Labute approximate surface area is 135 Å². The van der Waals surface area contributed by atoms with Crippen molar-refractivity contribution in [3.05, 3.63) is 29.8 Å². The van der Waals surface area contributed by atoms with Gasteiger partial charge in [0.05, 0.1) is 10.9 Å². The largest absolute Gasteiger partial charge is 0.309 e. The van der Waals surface area contributed by atoms with Gasteiger partial charge in [0, 0.05) is 18.4 Å². The van der Waals surface area contributed by atoms with Gasteiger partial charge >= 0.3 is 0 Å². The molecular formula is C18H22N4O. The molecule has 0 radical (unpaired) electrons. The Bertz CT molecular complexity index is 866. The smallest absolute Gasteiger partial charge is 0.225 e. The first kappa shape index (κ1) is 15.5. The summed E-state index contributed by atoms with van der Waals surface area (Å²) in [7, 11) is 0. The number of carbonyl (C=O) groups excluding carboxylic acids is 1. The lowest BCUT2D eigenvalue weighted by molar-refractivity contribution is -0.115. The second kappa shape index (κ2) is 6.36. The molecule has 3 rings (SSSR count). The molecule has 1 N–H and O–H groups in total. The molecule has 0 aliphatic heterocycles. The summed E-state index contributed by atoms with van der Waals surface area (Å²) in [5.41, 5.74) is 2.98. The van der Waals surface area contributed by atoms with E-state index in [9.17, 15) is 4.79 Å². The molecule has 1 amide bonds. The summed E-state index contributed by atoms with van der Waals surface area (Å²) in [5, 5.41) is 9.46. The van der Waals surface area contributed by atoms with Gasteiger partial charge in [0.15, 0.2) is 11.5 Å². The van der Waals surface area contributed by atoms with E-state index in [1.54, 1.807) is 0 Å². The quantitative estimate of drug-likeness (QED) is 0.773. The van der Waals surface area contributed by atoms with Crippen molar-refractivity contribution in [1.29, 1.82) is 0 Å². The van der Waals surface area contributed by atoms with E-state index in [1.807, 2.05) is 23.7 Å². The maximum Gasteiger partial charge on any atom is 0.225 e. The van der Waals surface area contributed by atoms with Crippen molar-refractivity contribution in [1.82, 2.24) is 14.8 Å². The van der Waals surface area contributed by atoms with Crippen molar-refractivity contribution < 1.29 is 4.79 Å². The molecule has 0 fully saturated rings. The summed E-state index contributed by atoms with van der Waals surface area (Å²) in [4.78, 5) is 16.6. The lowest BCUT2D eigenvalue weighted by Crippen LogP contribution is -2.10. The van der Waals surface area contributed by atoms with E-state index in [1.165, 1.54) is 0 Å². The van der Waals surface area contributed by atoms with Crippen LogP contribution in [0.3, 0.4) is 0 Å². The maximum absolute atomic E-state index is 11.8. The standard InChI is InChI=1S/C18H22N4O/c1-4-6-10-22-18-14(17(21-22)19-15(23)5-2)11-13-9-7-8-12(3)16(13)20-18/h7-9,11H,4-6,10H2,1-3H3,(H,19,21,23). The molecule has 2 heterocycles. The Morgan fingerprint density at radius 2 is 2.13 bits per heavy atom.